The topological polar surface area (TPSA) is 64.2 Å². The van der Waals surface area contributed by atoms with Gasteiger partial charge in [-0.05, 0) is 27.7 Å². The van der Waals surface area contributed by atoms with Crippen molar-refractivity contribution in [2.75, 3.05) is 12.8 Å². The van der Waals surface area contributed by atoms with Crippen LogP contribution in [-0.2, 0) is 6.54 Å². The lowest BCUT2D eigenvalue weighted by Crippen LogP contribution is -2.34. The summed E-state index contributed by atoms with van der Waals surface area (Å²) in [5.74, 6) is -0.0741. The first-order chi connectivity index (χ1) is 7.40. The van der Waals surface area contributed by atoms with Crippen molar-refractivity contribution in [3.63, 3.8) is 0 Å². The SMILES string of the molecule is CCn1nc(C)c(N)c1C(=O)N(C)C(C)C. The van der Waals surface area contributed by atoms with E-state index >= 15 is 0 Å². The van der Waals surface area contributed by atoms with Crippen LogP contribution in [0, 0.1) is 6.92 Å². The summed E-state index contributed by atoms with van der Waals surface area (Å²) in [5, 5.41) is 4.24. The van der Waals surface area contributed by atoms with Crippen LogP contribution in [0.4, 0.5) is 5.69 Å². The quantitative estimate of drug-likeness (QED) is 0.841. The number of anilines is 1. The zero-order valence-corrected chi connectivity index (χ0v) is 10.6. The van der Waals surface area contributed by atoms with E-state index in [0.29, 0.717) is 23.6 Å². The lowest BCUT2D eigenvalue weighted by Gasteiger charge is -2.21. The molecule has 0 atom stereocenters. The molecule has 5 heteroatoms. The second kappa shape index (κ2) is 4.55. The summed E-state index contributed by atoms with van der Waals surface area (Å²) < 4.78 is 1.66. The molecule has 90 valence electrons. The molecular weight excluding hydrogens is 204 g/mol. The van der Waals surface area contributed by atoms with E-state index in [-0.39, 0.29) is 11.9 Å². The van der Waals surface area contributed by atoms with Crippen LogP contribution >= 0.6 is 0 Å². The van der Waals surface area contributed by atoms with E-state index in [4.69, 9.17) is 5.73 Å². The molecule has 0 saturated carbocycles. The van der Waals surface area contributed by atoms with Crippen molar-refractivity contribution in [3.05, 3.63) is 11.4 Å². The summed E-state index contributed by atoms with van der Waals surface area (Å²) in [6.45, 7) is 8.33. The predicted molar refractivity (Wildman–Crippen MR) is 64.3 cm³/mol. The van der Waals surface area contributed by atoms with Crippen LogP contribution in [0.2, 0.25) is 0 Å². The molecule has 1 amide bonds. The van der Waals surface area contributed by atoms with E-state index < -0.39 is 0 Å². The molecule has 16 heavy (non-hydrogen) atoms. The second-order valence-electron chi connectivity index (χ2n) is 4.17. The van der Waals surface area contributed by atoms with Gasteiger partial charge in [-0.25, -0.2) is 0 Å². The van der Waals surface area contributed by atoms with Gasteiger partial charge in [-0.2, -0.15) is 5.10 Å². The number of amides is 1. The Morgan fingerprint density at radius 3 is 2.56 bits per heavy atom. The molecule has 1 rings (SSSR count). The first-order valence-electron chi connectivity index (χ1n) is 5.50. The van der Waals surface area contributed by atoms with E-state index in [1.54, 1.807) is 16.6 Å². The smallest absolute Gasteiger partial charge is 0.274 e. The summed E-state index contributed by atoms with van der Waals surface area (Å²) in [6.07, 6.45) is 0. The molecular formula is C11H20N4O. The maximum atomic E-state index is 12.2. The summed E-state index contributed by atoms with van der Waals surface area (Å²) in [6, 6.07) is 0.146. The largest absolute Gasteiger partial charge is 0.395 e. The zero-order valence-electron chi connectivity index (χ0n) is 10.6. The number of aryl methyl sites for hydroxylation is 2. The van der Waals surface area contributed by atoms with Gasteiger partial charge >= 0.3 is 0 Å². The average Bonchev–Trinajstić information content (AvgIpc) is 2.52. The van der Waals surface area contributed by atoms with Gasteiger partial charge in [0.05, 0.1) is 11.4 Å². The Balaban J connectivity index is 3.17. The van der Waals surface area contributed by atoms with Gasteiger partial charge in [0.1, 0.15) is 5.69 Å². The van der Waals surface area contributed by atoms with Gasteiger partial charge in [-0.3, -0.25) is 9.48 Å². The molecule has 0 fully saturated rings. The van der Waals surface area contributed by atoms with Crippen LogP contribution in [0.1, 0.15) is 37.0 Å². The standard InChI is InChI=1S/C11H20N4O/c1-6-15-10(9(12)8(4)13-15)11(16)14(5)7(2)3/h7H,6,12H2,1-5H3. The summed E-state index contributed by atoms with van der Waals surface area (Å²) in [5.41, 5.74) is 7.58. The van der Waals surface area contributed by atoms with Gasteiger partial charge in [0.2, 0.25) is 0 Å². The van der Waals surface area contributed by atoms with E-state index in [0.717, 1.165) is 0 Å². The number of hydrogen-bond donors (Lipinski definition) is 1. The molecule has 0 aromatic carbocycles. The molecule has 0 aliphatic carbocycles. The summed E-state index contributed by atoms with van der Waals surface area (Å²) >= 11 is 0. The number of rotatable bonds is 3. The molecule has 1 aromatic heterocycles. The molecule has 0 unspecified atom stereocenters. The molecule has 0 aliphatic rings. The van der Waals surface area contributed by atoms with Crippen molar-refractivity contribution in [1.29, 1.82) is 0 Å². The molecule has 1 heterocycles. The Bertz CT molecular complexity index is 395. The Hall–Kier alpha value is -1.52. The van der Waals surface area contributed by atoms with Crippen LogP contribution in [0.5, 0.6) is 0 Å². The highest BCUT2D eigenvalue weighted by Gasteiger charge is 2.23. The number of carbonyl (C=O) groups is 1. The molecule has 0 aliphatic heterocycles. The fourth-order valence-corrected chi connectivity index (χ4v) is 1.45. The lowest BCUT2D eigenvalue weighted by atomic mass is 10.2. The highest BCUT2D eigenvalue weighted by Crippen LogP contribution is 2.18. The van der Waals surface area contributed by atoms with Crippen LogP contribution in [-0.4, -0.2) is 33.7 Å². The van der Waals surface area contributed by atoms with Gasteiger partial charge in [-0.1, -0.05) is 0 Å². The monoisotopic (exact) mass is 224 g/mol. The number of aromatic nitrogens is 2. The molecule has 0 spiro atoms. The molecule has 2 N–H and O–H groups in total. The fourth-order valence-electron chi connectivity index (χ4n) is 1.45. The summed E-state index contributed by atoms with van der Waals surface area (Å²) in [4.78, 5) is 13.9. The molecule has 0 bridgehead atoms. The minimum Gasteiger partial charge on any atom is -0.395 e. The van der Waals surface area contributed by atoms with Crippen LogP contribution in [0.25, 0.3) is 0 Å². The zero-order chi connectivity index (χ0) is 12.5. The van der Waals surface area contributed by atoms with Gasteiger partial charge in [0.25, 0.3) is 5.91 Å². The van der Waals surface area contributed by atoms with E-state index in [1.165, 1.54) is 0 Å². The van der Waals surface area contributed by atoms with Crippen molar-refractivity contribution in [3.8, 4) is 0 Å². The maximum absolute atomic E-state index is 12.2. The highest BCUT2D eigenvalue weighted by molar-refractivity contribution is 5.98. The Morgan fingerprint density at radius 2 is 2.12 bits per heavy atom. The molecule has 0 saturated heterocycles. The van der Waals surface area contributed by atoms with E-state index in [9.17, 15) is 4.79 Å². The Kier molecular flexibility index (Phi) is 3.57. The van der Waals surface area contributed by atoms with Crippen LogP contribution in [0.3, 0.4) is 0 Å². The van der Waals surface area contributed by atoms with Crippen molar-refractivity contribution < 1.29 is 4.79 Å². The predicted octanol–water partition coefficient (Wildman–Crippen LogP) is 1.27. The van der Waals surface area contributed by atoms with Crippen LogP contribution < -0.4 is 5.73 Å². The molecule has 0 radical (unpaired) electrons. The Labute approximate surface area is 96.2 Å². The lowest BCUT2D eigenvalue weighted by molar-refractivity contribution is 0.0743. The third kappa shape index (κ3) is 2.03. The fraction of sp³-hybridized carbons (Fsp3) is 0.636. The normalized spacial score (nSPS) is 10.9. The maximum Gasteiger partial charge on any atom is 0.274 e. The number of nitrogens with two attached hydrogens (primary N) is 1. The van der Waals surface area contributed by atoms with Crippen LogP contribution in [0.15, 0.2) is 0 Å². The van der Waals surface area contributed by atoms with Crippen molar-refractivity contribution >= 4 is 11.6 Å². The minimum atomic E-state index is -0.0741. The minimum absolute atomic E-state index is 0.0741. The highest BCUT2D eigenvalue weighted by atomic mass is 16.2. The number of carbonyl (C=O) groups excluding carboxylic acids is 1. The second-order valence-corrected chi connectivity index (χ2v) is 4.17. The van der Waals surface area contributed by atoms with Gasteiger partial charge in [0, 0.05) is 19.6 Å². The first-order valence-corrected chi connectivity index (χ1v) is 5.50. The third-order valence-electron chi connectivity index (χ3n) is 2.77. The van der Waals surface area contributed by atoms with Crippen molar-refractivity contribution in [1.82, 2.24) is 14.7 Å². The van der Waals surface area contributed by atoms with E-state index in [2.05, 4.69) is 5.10 Å². The van der Waals surface area contributed by atoms with E-state index in [1.807, 2.05) is 27.7 Å². The van der Waals surface area contributed by atoms with Crippen molar-refractivity contribution in [2.24, 2.45) is 0 Å². The Morgan fingerprint density at radius 1 is 1.56 bits per heavy atom. The number of nitrogen functional groups attached to an aromatic ring is 1. The third-order valence-corrected chi connectivity index (χ3v) is 2.77. The van der Waals surface area contributed by atoms with Crippen molar-refractivity contribution in [2.45, 2.75) is 40.3 Å². The first kappa shape index (κ1) is 12.5. The van der Waals surface area contributed by atoms with Gasteiger partial charge in [-0.15, -0.1) is 0 Å². The van der Waals surface area contributed by atoms with Gasteiger partial charge in [0.15, 0.2) is 0 Å². The average molecular weight is 224 g/mol. The number of nitrogens with zero attached hydrogens (tertiary/aromatic N) is 3. The number of hydrogen-bond acceptors (Lipinski definition) is 3. The van der Waals surface area contributed by atoms with Gasteiger partial charge < -0.3 is 10.6 Å². The summed E-state index contributed by atoms with van der Waals surface area (Å²) in [7, 11) is 1.77. The molecule has 1 aromatic rings. The molecule has 5 nitrogen and oxygen atoms in total.